The molecular formula is C21H22N2O6S2. The van der Waals surface area contributed by atoms with Gasteiger partial charge in [-0.05, 0) is 30.3 Å². The first-order chi connectivity index (χ1) is 14.8. The van der Waals surface area contributed by atoms with Crippen molar-refractivity contribution >= 4 is 44.8 Å². The van der Waals surface area contributed by atoms with Gasteiger partial charge in [-0.15, -0.1) is 11.8 Å². The number of amides is 2. The summed E-state index contributed by atoms with van der Waals surface area (Å²) in [6.45, 7) is 2.73. The van der Waals surface area contributed by atoms with Crippen molar-refractivity contribution in [3.05, 3.63) is 36.4 Å². The van der Waals surface area contributed by atoms with Crippen molar-refractivity contribution in [3.63, 3.8) is 0 Å². The van der Waals surface area contributed by atoms with Gasteiger partial charge in [-0.3, -0.25) is 9.59 Å². The van der Waals surface area contributed by atoms with E-state index in [1.54, 1.807) is 24.3 Å². The third kappa shape index (κ3) is 4.96. The lowest BCUT2D eigenvalue weighted by atomic mass is 10.2. The van der Waals surface area contributed by atoms with Crippen LogP contribution in [0, 0.1) is 5.92 Å². The molecule has 0 radical (unpaired) electrons. The minimum absolute atomic E-state index is 0.0776. The number of ether oxygens (including phenoxy) is 2. The summed E-state index contributed by atoms with van der Waals surface area (Å²) in [5, 5.41) is 5.47. The molecule has 31 heavy (non-hydrogen) atoms. The number of thioether (sulfide) groups is 1. The molecule has 2 aliphatic heterocycles. The van der Waals surface area contributed by atoms with Crippen LogP contribution < -0.4 is 20.1 Å². The average molecular weight is 463 g/mol. The number of fused-ring (bicyclic) bond motifs is 2. The van der Waals surface area contributed by atoms with E-state index in [-0.39, 0.29) is 28.9 Å². The maximum atomic E-state index is 12.8. The molecule has 2 aliphatic rings. The van der Waals surface area contributed by atoms with Crippen LogP contribution >= 0.6 is 11.8 Å². The number of carbonyl (C=O) groups excluding carboxylic acids is 2. The van der Waals surface area contributed by atoms with Gasteiger partial charge in [0.05, 0.1) is 16.3 Å². The van der Waals surface area contributed by atoms with E-state index in [0.29, 0.717) is 41.8 Å². The van der Waals surface area contributed by atoms with Crippen LogP contribution in [0.15, 0.2) is 46.2 Å². The standard InChI is InChI=1S/C21H22N2O6S2/c1-13-12-30-19-5-3-15(11-16(19)23-21(13)25)31(26,27)9-6-20(24)22-14-2-4-17-18(10-14)29-8-7-28-17/h2-5,10-11,13H,6-9,12H2,1H3,(H,22,24)(H,23,25)/t13-/m0/s1. The Kier molecular flexibility index (Phi) is 6.10. The summed E-state index contributed by atoms with van der Waals surface area (Å²) in [4.78, 5) is 25.3. The zero-order valence-corrected chi connectivity index (χ0v) is 18.5. The van der Waals surface area contributed by atoms with Crippen LogP contribution in [0.3, 0.4) is 0 Å². The van der Waals surface area contributed by atoms with Gasteiger partial charge >= 0.3 is 0 Å². The lowest BCUT2D eigenvalue weighted by molar-refractivity contribution is -0.118. The van der Waals surface area contributed by atoms with Crippen LogP contribution in [-0.4, -0.2) is 45.0 Å². The second-order valence-corrected chi connectivity index (χ2v) is 10.5. The van der Waals surface area contributed by atoms with Crippen molar-refractivity contribution in [2.45, 2.75) is 23.1 Å². The van der Waals surface area contributed by atoms with Crippen LogP contribution in [0.4, 0.5) is 11.4 Å². The summed E-state index contributed by atoms with van der Waals surface area (Å²) in [6.07, 6.45) is -0.202. The van der Waals surface area contributed by atoms with Crippen molar-refractivity contribution in [1.29, 1.82) is 0 Å². The molecule has 0 fully saturated rings. The number of sulfone groups is 1. The molecule has 2 N–H and O–H groups in total. The van der Waals surface area contributed by atoms with Gasteiger partial charge in [0.15, 0.2) is 21.3 Å². The van der Waals surface area contributed by atoms with E-state index in [9.17, 15) is 18.0 Å². The van der Waals surface area contributed by atoms with Crippen molar-refractivity contribution in [2.75, 3.05) is 35.4 Å². The molecule has 2 amide bonds. The molecule has 0 bridgehead atoms. The average Bonchev–Trinajstić information content (AvgIpc) is 2.90. The maximum absolute atomic E-state index is 12.8. The predicted molar refractivity (Wildman–Crippen MR) is 118 cm³/mol. The number of nitrogens with one attached hydrogen (secondary N) is 2. The number of benzene rings is 2. The van der Waals surface area contributed by atoms with E-state index in [1.165, 1.54) is 23.9 Å². The zero-order valence-electron chi connectivity index (χ0n) is 16.8. The van der Waals surface area contributed by atoms with Gasteiger partial charge in [0.1, 0.15) is 13.2 Å². The fraction of sp³-hybridized carbons (Fsp3) is 0.333. The Morgan fingerprint density at radius 2 is 1.94 bits per heavy atom. The molecule has 4 rings (SSSR count). The summed E-state index contributed by atoms with van der Waals surface area (Å²) in [6, 6.07) is 9.70. The van der Waals surface area contributed by atoms with Gasteiger partial charge in [0.2, 0.25) is 11.8 Å². The van der Waals surface area contributed by atoms with Crippen molar-refractivity contribution in [1.82, 2.24) is 0 Å². The zero-order chi connectivity index (χ0) is 22.0. The largest absolute Gasteiger partial charge is 0.486 e. The van der Waals surface area contributed by atoms with Gasteiger partial charge in [-0.2, -0.15) is 0 Å². The molecule has 2 aromatic rings. The molecule has 1 atom stereocenters. The minimum Gasteiger partial charge on any atom is -0.486 e. The van der Waals surface area contributed by atoms with E-state index in [2.05, 4.69) is 10.6 Å². The molecule has 2 heterocycles. The molecule has 0 saturated heterocycles. The summed E-state index contributed by atoms with van der Waals surface area (Å²) in [5.74, 6) is 0.699. The first kappa shape index (κ1) is 21.5. The van der Waals surface area contributed by atoms with E-state index >= 15 is 0 Å². The van der Waals surface area contributed by atoms with E-state index < -0.39 is 15.7 Å². The molecule has 0 unspecified atom stereocenters. The van der Waals surface area contributed by atoms with Crippen LogP contribution in [-0.2, 0) is 19.4 Å². The SMILES string of the molecule is C[C@H]1CSc2ccc(S(=O)(=O)CCC(=O)Nc3ccc4c(c3)OCCO4)cc2NC1=O. The third-order valence-corrected chi connectivity index (χ3v) is 7.98. The Morgan fingerprint density at radius 1 is 1.16 bits per heavy atom. The fourth-order valence-electron chi connectivity index (χ4n) is 3.16. The quantitative estimate of drug-likeness (QED) is 0.703. The number of hydrogen-bond donors (Lipinski definition) is 2. The minimum atomic E-state index is -3.70. The summed E-state index contributed by atoms with van der Waals surface area (Å²) in [7, 11) is -3.70. The molecule has 8 nitrogen and oxygen atoms in total. The number of carbonyl (C=O) groups is 2. The Morgan fingerprint density at radius 3 is 2.74 bits per heavy atom. The molecule has 0 aromatic heterocycles. The smallest absolute Gasteiger partial charge is 0.228 e. The Bertz CT molecular complexity index is 1130. The summed E-state index contributed by atoms with van der Waals surface area (Å²) >= 11 is 1.51. The molecule has 164 valence electrons. The number of hydrogen-bond acceptors (Lipinski definition) is 7. The van der Waals surface area contributed by atoms with E-state index in [1.807, 2.05) is 6.92 Å². The van der Waals surface area contributed by atoms with Crippen molar-refractivity contribution < 1.29 is 27.5 Å². The van der Waals surface area contributed by atoms with Crippen LogP contribution in [0.5, 0.6) is 11.5 Å². The van der Waals surface area contributed by atoms with Gasteiger partial charge in [-0.1, -0.05) is 6.92 Å². The topological polar surface area (TPSA) is 111 Å². The first-order valence-electron chi connectivity index (χ1n) is 9.82. The molecule has 10 heteroatoms. The highest BCUT2D eigenvalue weighted by atomic mass is 32.2. The van der Waals surface area contributed by atoms with Crippen molar-refractivity contribution in [2.24, 2.45) is 5.92 Å². The fourth-order valence-corrected chi connectivity index (χ4v) is 5.44. The second-order valence-electron chi connectivity index (χ2n) is 7.33. The highest BCUT2D eigenvalue weighted by molar-refractivity contribution is 7.99. The maximum Gasteiger partial charge on any atom is 0.228 e. The van der Waals surface area contributed by atoms with Crippen LogP contribution in [0.1, 0.15) is 13.3 Å². The molecule has 0 spiro atoms. The molecule has 0 saturated carbocycles. The highest BCUT2D eigenvalue weighted by Gasteiger charge is 2.23. The van der Waals surface area contributed by atoms with Gasteiger partial charge in [-0.25, -0.2) is 8.42 Å². The van der Waals surface area contributed by atoms with Crippen molar-refractivity contribution in [3.8, 4) is 11.5 Å². The van der Waals surface area contributed by atoms with E-state index in [0.717, 1.165) is 4.90 Å². The first-order valence-corrected chi connectivity index (χ1v) is 12.5. The monoisotopic (exact) mass is 462 g/mol. The lowest BCUT2D eigenvalue weighted by Gasteiger charge is -2.19. The third-order valence-electron chi connectivity index (χ3n) is 4.93. The van der Waals surface area contributed by atoms with Gasteiger partial charge < -0.3 is 20.1 Å². The highest BCUT2D eigenvalue weighted by Crippen LogP contribution is 2.35. The second kappa shape index (κ2) is 8.80. The number of anilines is 2. The molecular weight excluding hydrogens is 440 g/mol. The normalized spacial score (nSPS) is 17.8. The number of rotatable bonds is 5. The summed E-state index contributed by atoms with van der Waals surface area (Å²) in [5.41, 5.74) is 0.992. The van der Waals surface area contributed by atoms with Crippen LogP contribution in [0.2, 0.25) is 0 Å². The van der Waals surface area contributed by atoms with Crippen LogP contribution in [0.25, 0.3) is 0 Å². The molecule has 0 aliphatic carbocycles. The van der Waals surface area contributed by atoms with Gasteiger partial charge in [0.25, 0.3) is 0 Å². The van der Waals surface area contributed by atoms with Gasteiger partial charge in [0, 0.05) is 34.7 Å². The summed E-state index contributed by atoms with van der Waals surface area (Å²) < 4.78 is 36.4. The molecule has 2 aromatic carbocycles. The van der Waals surface area contributed by atoms with E-state index in [4.69, 9.17) is 9.47 Å². The Balaban J connectivity index is 1.41. The lowest BCUT2D eigenvalue weighted by Crippen LogP contribution is -2.20. The Labute approximate surface area is 184 Å². The predicted octanol–water partition coefficient (Wildman–Crippen LogP) is 2.94. The Hall–Kier alpha value is -2.72.